The lowest BCUT2D eigenvalue weighted by molar-refractivity contribution is 0.587. The molecule has 21 heavy (non-hydrogen) atoms. The lowest BCUT2D eigenvalue weighted by Crippen LogP contribution is -2.03. The fourth-order valence-corrected chi connectivity index (χ4v) is 2.99. The molecule has 7 heteroatoms. The lowest BCUT2D eigenvalue weighted by atomic mass is 10.2. The minimum absolute atomic E-state index is 0.0725. The molecule has 0 saturated carbocycles. The predicted molar refractivity (Wildman–Crippen MR) is 85.9 cm³/mol. The van der Waals surface area contributed by atoms with Crippen LogP contribution in [0.2, 0.25) is 0 Å². The summed E-state index contributed by atoms with van der Waals surface area (Å²) in [5.41, 5.74) is 1.40. The van der Waals surface area contributed by atoms with Crippen LogP contribution in [-0.4, -0.2) is 9.55 Å². The van der Waals surface area contributed by atoms with Gasteiger partial charge in [-0.3, -0.25) is 4.57 Å². The van der Waals surface area contributed by atoms with Crippen molar-refractivity contribution in [1.82, 2.24) is 9.55 Å². The Hall–Kier alpha value is -0.980. The largest absolute Gasteiger partial charge is 0.292 e. The van der Waals surface area contributed by atoms with Gasteiger partial charge in [-0.05, 0) is 40.2 Å². The van der Waals surface area contributed by atoms with E-state index in [0.29, 0.717) is 16.9 Å². The van der Waals surface area contributed by atoms with Crippen LogP contribution in [0.3, 0.4) is 0 Å². The molecular weight excluding hydrogens is 429 g/mol. The van der Waals surface area contributed by atoms with E-state index < -0.39 is 11.6 Å². The second-order valence-electron chi connectivity index (χ2n) is 4.35. The third-order valence-corrected chi connectivity index (χ3v) is 4.38. The summed E-state index contributed by atoms with van der Waals surface area (Å²) in [6.07, 6.45) is 0. The van der Waals surface area contributed by atoms with E-state index in [-0.39, 0.29) is 16.0 Å². The van der Waals surface area contributed by atoms with Gasteiger partial charge in [-0.1, -0.05) is 15.9 Å². The van der Waals surface area contributed by atoms with Gasteiger partial charge in [0.1, 0.15) is 17.5 Å². The van der Waals surface area contributed by atoms with E-state index in [0.717, 1.165) is 16.6 Å². The Morgan fingerprint density at radius 3 is 2.57 bits per heavy atom. The Kier molecular flexibility index (Phi) is 4.03. The number of benzene rings is 2. The molecule has 0 unspecified atom stereocenters. The Morgan fingerprint density at radius 1 is 1.10 bits per heavy atom. The minimum Gasteiger partial charge on any atom is -0.292 e. The average molecular weight is 436 g/mol. The maximum absolute atomic E-state index is 14.2. The smallest absolute Gasteiger partial charge is 0.148 e. The summed E-state index contributed by atoms with van der Waals surface area (Å²) in [5, 5.41) is 0. The number of rotatable bonds is 2. The first kappa shape index (κ1) is 14.9. The highest BCUT2D eigenvalue weighted by Gasteiger charge is 2.17. The summed E-state index contributed by atoms with van der Waals surface area (Å²) < 4.78 is 30.4. The standard InChI is InChI=1S/C14H7Br2ClF2N2/c15-7-1-2-12-11(3-7)20-14(6-17)21(12)13-5-9(18)8(16)4-10(13)19/h1-5H,6H2. The van der Waals surface area contributed by atoms with Gasteiger partial charge in [0, 0.05) is 10.5 Å². The molecule has 0 N–H and O–H groups in total. The van der Waals surface area contributed by atoms with Crippen LogP contribution in [0.25, 0.3) is 16.7 Å². The van der Waals surface area contributed by atoms with Gasteiger partial charge in [-0.15, -0.1) is 11.6 Å². The molecule has 0 radical (unpaired) electrons. The molecule has 3 rings (SSSR count). The van der Waals surface area contributed by atoms with Crippen LogP contribution >= 0.6 is 43.5 Å². The SMILES string of the molecule is Fc1cc(-n2c(CCl)nc3cc(Br)ccc32)c(F)cc1Br. The maximum Gasteiger partial charge on any atom is 0.148 e. The van der Waals surface area contributed by atoms with Crippen molar-refractivity contribution < 1.29 is 8.78 Å². The van der Waals surface area contributed by atoms with Gasteiger partial charge in [0.15, 0.2) is 0 Å². The van der Waals surface area contributed by atoms with E-state index in [1.54, 1.807) is 12.1 Å². The number of hydrogen-bond donors (Lipinski definition) is 0. The van der Waals surface area contributed by atoms with Crippen molar-refractivity contribution in [3.8, 4) is 5.69 Å². The Labute approximate surface area is 141 Å². The van der Waals surface area contributed by atoms with Crippen LogP contribution in [0.5, 0.6) is 0 Å². The summed E-state index contributed by atoms with van der Waals surface area (Å²) in [7, 11) is 0. The number of alkyl halides is 1. The van der Waals surface area contributed by atoms with Gasteiger partial charge in [0.05, 0.1) is 27.1 Å². The maximum atomic E-state index is 14.2. The molecule has 0 bridgehead atoms. The molecule has 3 aromatic rings. The third-order valence-electron chi connectivity index (χ3n) is 3.04. The van der Waals surface area contributed by atoms with Crippen LogP contribution in [0, 0.1) is 11.6 Å². The molecule has 0 aliphatic heterocycles. The molecule has 0 aliphatic carbocycles. The van der Waals surface area contributed by atoms with Crippen molar-refractivity contribution >= 4 is 54.5 Å². The molecule has 1 aromatic heterocycles. The Bertz CT molecular complexity index is 849. The molecule has 0 spiro atoms. The summed E-state index contributed by atoms with van der Waals surface area (Å²) in [4.78, 5) is 4.36. The zero-order valence-corrected chi connectivity index (χ0v) is 14.3. The average Bonchev–Trinajstić information content (AvgIpc) is 2.80. The zero-order valence-electron chi connectivity index (χ0n) is 10.4. The molecule has 2 nitrogen and oxygen atoms in total. The fraction of sp³-hybridized carbons (Fsp3) is 0.0714. The van der Waals surface area contributed by atoms with Crippen LogP contribution in [0.15, 0.2) is 39.3 Å². The number of aromatic nitrogens is 2. The Morgan fingerprint density at radius 2 is 1.86 bits per heavy atom. The number of nitrogens with zero attached hydrogens (tertiary/aromatic N) is 2. The number of hydrogen-bond acceptors (Lipinski definition) is 1. The molecule has 0 fully saturated rings. The zero-order chi connectivity index (χ0) is 15.1. The fourth-order valence-electron chi connectivity index (χ4n) is 2.15. The summed E-state index contributed by atoms with van der Waals surface area (Å²) in [6.45, 7) is 0. The van der Waals surface area contributed by atoms with Gasteiger partial charge in [0.2, 0.25) is 0 Å². The quantitative estimate of drug-likeness (QED) is 0.380. The van der Waals surface area contributed by atoms with Crippen molar-refractivity contribution in [2.75, 3.05) is 0 Å². The van der Waals surface area contributed by atoms with Crippen molar-refractivity contribution in [3.05, 3.63) is 56.7 Å². The molecule has 0 aliphatic rings. The first-order chi connectivity index (χ1) is 10.0. The van der Waals surface area contributed by atoms with Gasteiger partial charge >= 0.3 is 0 Å². The van der Waals surface area contributed by atoms with Crippen molar-refractivity contribution in [2.24, 2.45) is 0 Å². The van der Waals surface area contributed by atoms with Crippen LogP contribution in [-0.2, 0) is 5.88 Å². The predicted octanol–water partition coefficient (Wildman–Crippen LogP) is 5.57. The summed E-state index contributed by atoms with van der Waals surface area (Å²) in [5.74, 6) is -0.572. The first-order valence-corrected chi connectivity index (χ1v) is 8.01. The van der Waals surface area contributed by atoms with Crippen molar-refractivity contribution in [1.29, 1.82) is 0 Å². The van der Waals surface area contributed by atoms with Gasteiger partial charge in [-0.25, -0.2) is 13.8 Å². The van der Waals surface area contributed by atoms with Gasteiger partial charge in [0.25, 0.3) is 0 Å². The van der Waals surface area contributed by atoms with Crippen molar-refractivity contribution in [2.45, 2.75) is 5.88 Å². The van der Waals surface area contributed by atoms with E-state index in [2.05, 4.69) is 36.8 Å². The van der Waals surface area contributed by atoms with E-state index in [1.165, 1.54) is 4.57 Å². The second kappa shape index (κ2) is 5.66. The number of halogens is 5. The highest BCUT2D eigenvalue weighted by atomic mass is 79.9. The second-order valence-corrected chi connectivity index (χ2v) is 6.39. The van der Waals surface area contributed by atoms with Crippen molar-refractivity contribution in [3.63, 3.8) is 0 Å². The molecule has 0 amide bonds. The topological polar surface area (TPSA) is 17.8 Å². The molecule has 108 valence electrons. The monoisotopic (exact) mass is 434 g/mol. The highest BCUT2D eigenvalue weighted by Crippen LogP contribution is 2.29. The van der Waals surface area contributed by atoms with Crippen LogP contribution < -0.4 is 0 Å². The molecular formula is C14H7Br2ClF2N2. The molecule has 1 heterocycles. The lowest BCUT2D eigenvalue weighted by Gasteiger charge is -2.10. The van der Waals surface area contributed by atoms with Gasteiger partial charge in [-0.2, -0.15) is 0 Å². The van der Waals surface area contributed by atoms with E-state index in [1.807, 2.05) is 6.07 Å². The van der Waals surface area contributed by atoms with Gasteiger partial charge < -0.3 is 0 Å². The normalized spacial score (nSPS) is 11.3. The first-order valence-electron chi connectivity index (χ1n) is 5.89. The molecule has 0 saturated heterocycles. The van der Waals surface area contributed by atoms with Crippen LogP contribution in [0.1, 0.15) is 5.82 Å². The summed E-state index contributed by atoms with van der Waals surface area (Å²) in [6, 6.07) is 7.61. The molecule has 0 atom stereocenters. The number of fused-ring (bicyclic) bond motifs is 1. The minimum atomic E-state index is -0.558. The van der Waals surface area contributed by atoms with E-state index in [9.17, 15) is 8.78 Å². The Balaban J connectivity index is 2.36. The molecule has 2 aromatic carbocycles. The summed E-state index contributed by atoms with van der Waals surface area (Å²) >= 11 is 12.2. The number of imidazole rings is 1. The highest BCUT2D eigenvalue weighted by molar-refractivity contribution is 9.10. The van der Waals surface area contributed by atoms with E-state index in [4.69, 9.17) is 11.6 Å². The van der Waals surface area contributed by atoms with E-state index >= 15 is 0 Å². The van der Waals surface area contributed by atoms with Crippen LogP contribution in [0.4, 0.5) is 8.78 Å². The third kappa shape index (κ3) is 2.60.